The summed E-state index contributed by atoms with van der Waals surface area (Å²) in [5.74, 6) is 0.701. The molecule has 2 atom stereocenters. The van der Waals surface area contributed by atoms with Crippen molar-refractivity contribution in [2.45, 2.75) is 37.3 Å². The van der Waals surface area contributed by atoms with E-state index in [0.29, 0.717) is 12.3 Å². The highest BCUT2D eigenvalue weighted by atomic mass is 16.3. The molecule has 1 aliphatic carbocycles. The lowest BCUT2D eigenvalue weighted by Gasteiger charge is -2.20. The molecule has 20 heavy (non-hydrogen) atoms. The molecule has 0 aromatic heterocycles. The van der Waals surface area contributed by atoms with Crippen LogP contribution in [0.25, 0.3) is 0 Å². The molecular weight excluding hydrogens is 246 g/mol. The second-order valence-corrected chi connectivity index (χ2v) is 5.74. The normalized spacial score (nSPS) is 17.7. The highest BCUT2D eigenvalue weighted by Gasteiger charge is 2.25. The van der Waals surface area contributed by atoms with E-state index in [1.165, 1.54) is 18.4 Å². The van der Waals surface area contributed by atoms with Crippen LogP contribution < -0.4 is 5.73 Å². The van der Waals surface area contributed by atoms with E-state index in [4.69, 9.17) is 5.73 Å². The number of benzene rings is 2. The summed E-state index contributed by atoms with van der Waals surface area (Å²) in [5, 5.41) is 10.5. The molecule has 2 aromatic carbocycles. The summed E-state index contributed by atoms with van der Waals surface area (Å²) in [6.07, 6.45) is 2.63. The zero-order chi connectivity index (χ0) is 13.9. The topological polar surface area (TPSA) is 46.2 Å². The lowest BCUT2D eigenvalue weighted by atomic mass is 9.95. The van der Waals surface area contributed by atoms with Crippen molar-refractivity contribution < 1.29 is 5.11 Å². The molecule has 2 aromatic rings. The highest BCUT2D eigenvalue weighted by molar-refractivity contribution is 5.31. The van der Waals surface area contributed by atoms with Gasteiger partial charge in [0.15, 0.2) is 0 Å². The van der Waals surface area contributed by atoms with Gasteiger partial charge in [0, 0.05) is 6.04 Å². The third-order valence-electron chi connectivity index (χ3n) is 4.02. The number of nitrogens with two attached hydrogens (primary N) is 1. The molecule has 0 heterocycles. The third kappa shape index (κ3) is 3.09. The molecule has 0 bridgehead atoms. The summed E-state index contributed by atoms with van der Waals surface area (Å²) in [6.45, 7) is 0. The molecule has 1 aliphatic rings. The summed E-state index contributed by atoms with van der Waals surface area (Å²) in [6, 6.07) is 18.1. The fourth-order valence-electron chi connectivity index (χ4n) is 2.66. The van der Waals surface area contributed by atoms with Crippen molar-refractivity contribution in [3.63, 3.8) is 0 Å². The van der Waals surface area contributed by atoms with Crippen molar-refractivity contribution in [1.82, 2.24) is 0 Å². The molecule has 2 unspecified atom stereocenters. The van der Waals surface area contributed by atoms with Crippen LogP contribution in [0, 0.1) is 0 Å². The summed E-state index contributed by atoms with van der Waals surface area (Å²) in [4.78, 5) is 0. The first kappa shape index (κ1) is 13.3. The van der Waals surface area contributed by atoms with Gasteiger partial charge in [0.2, 0.25) is 0 Å². The second-order valence-electron chi connectivity index (χ2n) is 5.74. The minimum absolute atomic E-state index is 0.271. The minimum atomic E-state index is -0.603. The Labute approximate surface area is 120 Å². The number of aliphatic hydroxyl groups excluding tert-OH is 1. The smallest absolute Gasteiger partial charge is 0.0944 e. The Balaban J connectivity index is 1.71. The SMILES string of the molecule is NC(Cc1ccccc1)C(O)c1cccc(C2CC2)c1. The zero-order valence-corrected chi connectivity index (χ0v) is 11.6. The maximum Gasteiger partial charge on any atom is 0.0944 e. The quantitative estimate of drug-likeness (QED) is 0.874. The lowest BCUT2D eigenvalue weighted by molar-refractivity contribution is 0.146. The van der Waals surface area contributed by atoms with Crippen LogP contribution in [0.5, 0.6) is 0 Å². The molecule has 0 amide bonds. The Morgan fingerprint density at radius 3 is 2.50 bits per heavy atom. The summed E-state index contributed by atoms with van der Waals surface area (Å²) >= 11 is 0. The molecule has 3 rings (SSSR count). The van der Waals surface area contributed by atoms with Crippen LogP contribution in [0.4, 0.5) is 0 Å². The van der Waals surface area contributed by atoms with Crippen molar-refractivity contribution in [2.24, 2.45) is 5.73 Å². The van der Waals surface area contributed by atoms with E-state index in [-0.39, 0.29) is 6.04 Å². The van der Waals surface area contributed by atoms with Crippen molar-refractivity contribution in [3.8, 4) is 0 Å². The van der Waals surface area contributed by atoms with Crippen molar-refractivity contribution in [3.05, 3.63) is 71.3 Å². The van der Waals surface area contributed by atoms with Gasteiger partial charge in [-0.2, -0.15) is 0 Å². The van der Waals surface area contributed by atoms with Gasteiger partial charge in [-0.1, -0.05) is 54.6 Å². The Bertz CT molecular complexity index is 563. The first-order valence-corrected chi connectivity index (χ1v) is 7.31. The molecule has 2 nitrogen and oxygen atoms in total. The van der Waals surface area contributed by atoms with Gasteiger partial charge in [-0.15, -0.1) is 0 Å². The van der Waals surface area contributed by atoms with Gasteiger partial charge in [-0.05, 0) is 41.9 Å². The van der Waals surface area contributed by atoms with Crippen molar-refractivity contribution in [1.29, 1.82) is 0 Å². The van der Waals surface area contributed by atoms with Gasteiger partial charge >= 0.3 is 0 Å². The summed E-state index contributed by atoms with van der Waals surface area (Å²) in [5.41, 5.74) is 9.62. The Hall–Kier alpha value is -1.64. The predicted octanol–water partition coefficient (Wildman–Crippen LogP) is 3.17. The second kappa shape index (κ2) is 5.78. The Morgan fingerprint density at radius 2 is 1.80 bits per heavy atom. The molecule has 1 saturated carbocycles. The van der Waals surface area contributed by atoms with Crippen LogP contribution in [-0.2, 0) is 6.42 Å². The number of rotatable bonds is 5. The van der Waals surface area contributed by atoms with Crippen LogP contribution in [0.2, 0.25) is 0 Å². The average molecular weight is 267 g/mol. The van der Waals surface area contributed by atoms with Crippen LogP contribution in [0.3, 0.4) is 0 Å². The van der Waals surface area contributed by atoms with E-state index < -0.39 is 6.10 Å². The van der Waals surface area contributed by atoms with E-state index in [2.05, 4.69) is 12.1 Å². The first-order valence-electron chi connectivity index (χ1n) is 7.31. The van der Waals surface area contributed by atoms with E-state index >= 15 is 0 Å². The largest absolute Gasteiger partial charge is 0.387 e. The fraction of sp³-hybridized carbons (Fsp3) is 0.333. The number of aliphatic hydroxyl groups is 1. The van der Waals surface area contributed by atoms with E-state index in [9.17, 15) is 5.11 Å². The maximum atomic E-state index is 10.5. The Kier molecular flexibility index (Phi) is 3.86. The maximum absolute atomic E-state index is 10.5. The average Bonchev–Trinajstić information content (AvgIpc) is 3.32. The minimum Gasteiger partial charge on any atom is -0.387 e. The molecule has 2 heteroatoms. The van der Waals surface area contributed by atoms with Gasteiger partial charge in [0.25, 0.3) is 0 Å². The zero-order valence-electron chi connectivity index (χ0n) is 11.6. The molecule has 0 saturated heterocycles. The number of hydrogen-bond donors (Lipinski definition) is 2. The van der Waals surface area contributed by atoms with Crippen molar-refractivity contribution in [2.75, 3.05) is 0 Å². The van der Waals surface area contributed by atoms with Crippen LogP contribution in [-0.4, -0.2) is 11.1 Å². The van der Waals surface area contributed by atoms with Gasteiger partial charge in [-0.25, -0.2) is 0 Å². The van der Waals surface area contributed by atoms with Gasteiger partial charge in [0.05, 0.1) is 6.10 Å². The molecule has 1 fully saturated rings. The Morgan fingerprint density at radius 1 is 1.05 bits per heavy atom. The monoisotopic (exact) mass is 267 g/mol. The predicted molar refractivity (Wildman–Crippen MR) is 81.5 cm³/mol. The van der Waals surface area contributed by atoms with Crippen molar-refractivity contribution >= 4 is 0 Å². The standard InChI is InChI=1S/C18H21NO/c19-17(11-13-5-2-1-3-6-13)18(20)16-8-4-7-15(12-16)14-9-10-14/h1-8,12,14,17-18,20H,9-11,19H2. The highest BCUT2D eigenvalue weighted by Crippen LogP contribution is 2.40. The lowest BCUT2D eigenvalue weighted by Crippen LogP contribution is -2.30. The van der Waals surface area contributed by atoms with E-state index in [0.717, 1.165) is 11.1 Å². The fourth-order valence-corrected chi connectivity index (χ4v) is 2.66. The molecular formula is C18H21NO. The van der Waals surface area contributed by atoms with Crippen LogP contribution in [0.1, 0.15) is 41.6 Å². The summed E-state index contributed by atoms with van der Waals surface area (Å²) in [7, 11) is 0. The van der Waals surface area contributed by atoms with Crippen LogP contribution in [0.15, 0.2) is 54.6 Å². The van der Waals surface area contributed by atoms with E-state index in [1.54, 1.807) is 0 Å². The summed E-state index contributed by atoms with van der Waals surface area (Å²) < 4.78 is 0. The molecule has 104 valence electrons. The molecule has 0 spiro atoms. The van der Waals surface area contributed by atoms with Gasteiger partial charge in [0.1, 0.15) is 0 Å². The third-order valence-corrected chi connectivity index (χ3v) is 4.02. The van der Waals surface area contributed by atoms with Gasteiger partial charge < -0.3 is 10.8 Å². The van der Waals surface area contributed by atoms with Gasteiger partial charge in [-0.3, -0.25) is 0 Å². The molecule has 0 radical (unpaired) electrons. The first-order chi connectivity index (χ1) is 9.74. The van der Waals surface area contributed by atoms with Crippen LogP contribution >= 0.6 is 0 Å². The molecule has 0 aliphatic heterocycles. The van der Waals surface area contributed by atoms with E-state index in [1.807, 2.05) is 42.5 Å². The molecule has 3 N–H and O–H groups in total. The number of hydrogen-bond acceptors (Lipinski definition) is 2.